The highest BCUT2D eigenvalue weighted by Gasteiger charge is 2.16. The van der Waals surface area contributed by atoms with Gasteiger partial charge >= 0.3 is 0 Å². The van der Waals surface area contributed by atoms with Crippen molar-refractivity contribution >= 4 is 35.2 Å². The molecule has 33 heavy (non-hydrogen) atoms. The Balaban J connectivity index is 1.49. The second-order valence-corrected chi connectivity index (χ2v) is 8.88. The lowest BCUT2D eigenvalue weighted by molar-refractivity contribution is 0.455. The maximum Gasteiger partial charge on any atom is 0.230 e. The van der Waals surface area contributed by atoms with Crippen molar-refractivity contribution in [1.29, 1.82) is 5.26 Å². The van der Waals surface area contributed by atoms with Crippen LogP contribution < -0.4 is 15.0 Å². The van der Waals surface area contributed by atoms with Crippen LogP contribution >= 0.6 is 11.8 Å². The van der Waals surface area contributed by atoms with Crippen LogP contribution in [0.1, 0.15) is 16.7 Å². The first kappa shape index (κ1) is 22.6. The van der Waals surface area contributed by atoms with Crippen molar-refractivity contribution < 1.29 is 9.13 Å². The SMILES string of the molecule is Cc1cc(/C=C/C#N)cc(C)c1Oc1ccnc(Nc2ccc(N3CCSCC3)c(F)c2)n1. The Morgan fingerprint density at radius 2 is 1.91 bits per heavy atom. The van der Waals surface area contributed by atoms with E-state index >= 15 is 0 Å². The summed E-state index contributed by atoms with van der Waals surface area (Å²) in [6, 6.07) is 12.7. The Morgan fingerprint density at radius 3 is 2.61 bits per heavy atom. The van der Waals surface area contributed by atoms with Gasteiger partial charge in [0.05, 0.1) is 11.8 Å². The highest BCUT2D eigenvalue weighted by molar-refractivity contribution is 7.99. The molecule has 0 unspecified atom stereocenters. The molecule has 2 aromatic carbocycles. The fourth-order valence-corrected chi connectivity index (χ4v) is 4.62. The summed E-state index contributed by atoms with van der Waals surface area (Å²) in [6.45, 7) is 5.59. The van der Waals surface area contributed by atoms with Gasteiger partial charge in [-0.3, -0.25) is 0 Å². The molecule has 1 N–H and O–H groups in total. The Bertz CT molecular complexity index is 1190. The van der Waals surface area contributed by atoms with Gasteiger partial charge < -0.3 is 15.0 Å². The predicted octanol–water partition coefficient (Wildman–Crippen LogP) is 5.86. The van der Waals surface area contributed by atoms with Gasteiger partial charge in [-0.2, -0.15) is 22.0 Å². The van der Waals surface area contributed by atoms with E-state index in [-0.39, 0.29) is 5.82 Å². The number of halogens is 1. The van der Waals surface area contributed by atoms with Crippen molar-refractivity contribution in [2.75, 3.05) is 34.8 Å². The highest BCUT2D eigenvalue weighted by Crippen LogP contribution is 2.30. The number of allylic oxidation sites excluding steroid dienone is 1. The van der Waals surface area contributed by atoms with Crippen LogP contribution in [0.5, 0.6) is 11.6 Å². The average molecular weight is 462 g/mol. The summed E-state index contributed by atoms with van der Waals surface area (Å²) in [4.78, 5) is 10.7. The first-order valence-corrected chi connectivity index (χ1v) is 11.8. The van der Waals surface area contributed by atoms with Crippen molar-refractivity contribution in [3.63, 3.8) is 0 Å². The van der Waals surface area contributed by atoms with Gasteiger partial charge in [-0.25, -0.2) is 9.37 Å². The maximum absolute atomic E-state index is 14.7. The van der Waals surface area contributed by atoms with Gasteiger partial charge in [0.2, 0.25) is 11.8 Å². The molecule has 0 saturated carbocycles. The molecule has 0 bridgehead atoms. The molecule has 0 spiro atoms. The summed E-state index contributed by atoms with van der Waals surface area (Å²) >= 11 is 1.89. The largest absolute Gasteiger partial charge is 0.438 e. The number of nitrogens with one attached hydrogen (secondary N) is 1. The summed E-state index contributed by atoms with van der Waals surface area (Å²) in [7, 11) is 0. The van der Waals surface area contributed by atoms with E-state index in [1.54, 1.807) is 24.4 Å². The Kier molecular flexibility index (Phi) is 7.10. The van der Waals surface area contributed by atoms with E-state index in [9.17, 15) is 4.39 Å². The standard InChI is InChI=1S/C25H24FN5OS/c1-17-14-19(4-3-8-27)15-18(2)24(17)32-23-7-9-28-25(30-23)29-20-5-6-22(21(26)16-20)31-10-12-33-13-11-31/h3-7,9,14-16H,10-13H2,1-2H3,(H,28,29,30)/b4-3+. The Morgan fingerprint density at radius 1 is 1.15 bits per heavy atom. The first-order chi connectivity index (χ1) is 16.0. The number of benzene rings is 2. The topological polar surface area (TPSA) is 74.1 Å². The van der Waals surface area contributed by atoms with Gasteiger partial charge in [-0.05, 0) is 66.9 Å². The third-order valence-corrected chi connectivity index (χ3v) is 6.17. The number of hydrogen-bond donors (Lipinski definition) is 1. The molecule has 1 saturated heterocycles. The van der Waals surface area contributed by atoms with Crippen molar-refractivity contribution in [2.24, 2.45) is 0 Å². The van der Waals surface area contributed by atoms with Crippen LogP contribution in [0.25, 0.3) is 6.08 Å². The second kappa shape index (κ2) is 10.4. The molecule has 0 aliphatic carbocycles. The van der Waals surface area contributed by atoms with E-state index in [2.05, 4.69) is 20.2 Å². The van der Waals surface area contributed by atoms with Crippen LogP contribution in [0, 0.1) is 31.0 Å². The van der Waals surface area contributed by atoms with Crippen LogP contribution in [-0.2, 0) is 0 Å². The number of anilines is 3. The van der Waals surface area contributed by atoms with E-state index in [4.69, 9.17) is 10.00 Å². The second-order valence-electron chi connectivity index (χ2n) is 7.66. The first-order valence-electron chi connectivity index (χ1n) is 10.6. The number of ether oxygens (including phenoxy) is 1. The minimum absolute atomic E-state index is 0.268. The summed E-state index contributed by atoms with van der Waals surface area (Å²) in [5.74, 6) is 3.15. The lowest BCUT2D eigenvalue weighted by Crippen LogP contribution is -2.33. The lowest BCUT2D eigenvalue weighted by atomic mass is 10.1. The zero-order valence-electron chi connectivity index (χ0n) is 18.5. The van der Waals surface area contributed by atoms with Crippen molar-refractivity contribution in [3.05, 3.63) is 71.2 Å². The quantitative estimate of drug-likeness (QED) is 0.461. The third kappa shape index (κ3) is 5.62. The Hall–Kier alpha value is -3.57. The molecule has 4 rings (SSSR count). The molecule has 2 heterocycles. The highest BCUT2D eigenvalue weighted by atomic mass is 32.2. The predicted molar refractivity (Wildman–Crippen MR) is 132 cm³/mol. The van der Waals surface area contributed by atoms with Crippen molar-refractivity contribution in [1.82, 2.24) is 9.97 Å². The number of nitrogens with zero attached hydrogens (tertiary/aromatic N) is 4. The van der Waals surface area contributed by atoms with Gasteiger partial charge in [-0.15, -0.1) is 0 Å². The molecule has 3 aromatic rings. The minimum Gasteiger partial charge on any atom is -0.438 e. The van der Waals surface area contributed by atoms with E-state index < -0.39 is 0 Å². The van der Waals surface area contributed by atoms with Gasteiger partial charge in [-0.1, -0.05) is 0 Å². The maximum atomic E-state index is 14.7. The monoisotopic (exact) mass is 461 g/mol. The van der Waals surface area contributed by atoms with Gasteiger partial charge in [0.1, 0.15) is 11.6 Å². The normalized spacial score (nSPS) is 13.7. The van der Waals surface area contributed by atoms with Crippen LogP contribution in [0.2, 0.25) is 0 Å². The molecule has 1 fully saturated rings. The molecule has 6 nitrogen and oxygen atoms in total. The number of rotatable bonds is 6. The van der Waals surface area contributed by atoms with Crippen LogP contribution in [0.3, 0.4) is 0 Å². The summed E-state index contributed by atoms with van der Waals surface area (Å²) in [6.07, 6.45) is 4.79. The molecule has 8 heteroatoms. The van der Waals surface area contributed by atoms with Gasteiger partial charge in [0.25, 0.3) is 0 Å². The van der Waals surface area contributed by atoms with Crippen molar-refractivity contribution in [2.45, 2.75) is 13.8 Å². The summed E-state index contributed by atoms with van der Waals surface area (Å²) in [5.41, 5.74) is 3.97. The molecule has 0 radical (unpaired) electrons. The molecular weight excluding hydrogens is 437 g/mol. The van der Waals surface area contributed by atoms with Crippen LogP contribution in [0.15, 0.2) is 48.7 Å². The van der Waals surface area contributed by atoms with Crippen LogP contribution in [0.4, 0.5) is 21.7 Å². The fourth-order valence-electron chi connectivity index (χ4n) is 3.71. The van der Waals surface area contributed by atoms with E-state index in [0.717, 1.165) is 41.3 Å². The average Bonchev–Trinajstić information content (AvgIpc) is 2.81. The third-order valence-electron chi connectivity index (χ3n) is 5.23. The Labute approximate surface area is 197 Å². The van der Waals surface area contributed by atoms with E-state index in [0.29, 0.717) is 29.0 Å². The number of thioether (sulfide) groups is 1. The fraction of sp³-hybridized carbons (Fsp3) is 0.240. The van der Waals surface area contributed by atoms with E-state index in [1.807, 2.05) is 49.9 Å². The molecule has 1 aliphatic rings. The smallest absolute Gasteiger partial charge is 0.230 e. The summed E-state index contributed by atoms with van der Waals surface area (Å²) < 4.78 is 20.8. The van der Waals surface area contributed by atoms with Gasteiger partial charge in [0, 0.05) is 48.6 Å². The van der Waals surface area contributed by atoms with Gasteiger partial charge in [0.15, 0.2) is 0 Å². The van der Waals surface area contributed by atoms with Crippen molar-refractivity contribution in [3.8, 4) is 17.7 Å². The van der Waals surface area contributed by atoms with Crippen LogP contribution in [-0.4, -0.2) is 34.6 Å². The van der Waals surface area contributed by atoms with E-state index in [1.165, 1.54) is 12.1 Å². The summed E-state index contributed by atoms with van der Waals surface area (Å²) in [5, 5.41) is 11.8. The molecule has 168 valence electrons. The number of aromatic nitrogens is 2. The molecule has 1 aliphatic heterocycles. The minimum atomic E-state index is -0.268. The molecular formula is C25H24FN5OS. The zero-order chi connectivity index (χ0) is 23.2. The number of hydrogen-bond acceptors (Lipinski definition) is 7. The molecule has 0 amide bonds. The zero-order valence-corrected chi connectivity index (χ0v) is 19.3. The number of aryl methyl sites for hydroxylation is 2. The molecule has 1 aromatic heterocycles. The molecule has 0 atom stereocenters. The number of nitriles is 1. The lowest BCUT2D eigenvalue weighted by Gasteiger charge is -2.28.